The average molecular weight is 402 g/mol. The number of rotatable bonds is 5. The summed E-state index contributed by atoms with van der Waals surface area (Å²) in [5.41, 5.74) is 2.84. The van der Waals surface area contributed by atoms with E-state index in [9.17, 15) is 9.59 Å². The van der Waals surface area contributed by atoms with E-state index < -0.39 is 0 Å². The van der Waals surface area contributed by atoms with Crippen molar-refractivity contribution in [2.24, 2.45) is 5.92 Å². The van der Waals surface area contributed by atoms with Gasteiger partial charge in [-0.2, -0.15) is 0 Å². The number of carbonyl (C=O) groups is 2. The third-order valence-corrected chi connectivity index (χ3v) is 5.71. The minimum Gasteiger partial charge on any atom is -0.325 e. The Bertz CT molecular complexity index is 1030. The maximum atomic E-state index is 12.8. The predicted octanol–water partition coefficient (Wildman–Crippen LogP) is 4.44. The van der Waals surface area contributed by atoms with E-state index in [0.717, 1.165) is 53.6 Å². The van der Waals surface area contributed by atoms with Gasteiger partial charge in [0.2, 0.25) is 11.8 Å². The first-order valence-corrected chi connectivity index (χ1v) is 10.5. The second-order valence-electron chi connectivity index (χ2n) is 7.98. The van der Waals surface area contributed by atoms with Gasteiger partial charge in [-0.3, -0.25) is 14.5 Å². The number of aryl methyl sites for hydroxylation is 1. The maximum absolute atomic E-state index is 12.8. The molecule has 1 saturated heterocycles. The zero-order valence-electron chi connectivity index (χ0n) is 17.2. The summed E-state index contributed by atoms with van der Waals surface area (Å²) in [5.74, 6) is 0.0213. The fourth-order valence-corrected chi connectivity index (χ4v) is 3.96. The van der Waals surface area contributed by atoms with Gasteiger partial charge in [-0.15, -0.1) is 0 Å². The number of fused-ring (bicyclic) bond motifs is 1. The first kappa shape index (κ1) is 20.1. The molecule has 3 aromatic carbocycles. The van der Waals surface area contributed by atoms with E-state index in [0.29, 0.717) is 6.54 Å². The highest BCUT2D eigenvalue weighted by molar-refractivity contribution is 6.02. The van der Waals surface area contributed by atoms with E-state index in [1.807, 2.05) is 73.7 Å². The van der Waals surface area contributed by atoms with E-state index >= 15 is 0 Å². The summed E-state index contributed by atoms with van der Waals surface area (Å²) < 4.78 is 0. The highest BCUT2D eigenvalue weighted by Crippen LogP contribution is 2.25. The van der Waals surface area contributed by atoms with Crippen LogP contribution in [-0.4, -0.2) is 36.3 Å². The molecule has 154 valence electrons. The van der Waals surface area contributed by atoms with Gasteiger partial charge in [0.15, 0.2) is 0 Å². The SMILES string of the molecule is Cc1ccc(NC(=O)CN2CCC(C(=O)Nc3cccc4ccccc34)CC2)cc1. The fourth-order valence-electron chi connectivity index (χ4n) is 3.96. The first-order chi connectivity index (χ1) is 14.6. The Balaban J connectivity index is 1.28. The molecule has 5 heteroatoms. The van der Waals surface area contributed by atoms with E-state index in [1.54, 1.807) is 0 Å². The van der Waals surface area contributed by atoms with Crippen molar-refractivity contribution in [2.75, 3.05) is 30.3 Å². The van der Waals surface area contributed by atoms with Gasteiger partial charge in [0.1, 0.15) is 0 Å². The molecule has 0 aliphatic carbocycles. The molecule has 4 rings (SSSR count). The number of amides is 2. The highest BCUT2D eigenvalue weighted by atomic mass is 16.2. The minimum absolute atomic E-state index is 0.0162. The molecule has 0 bridgehead atoms. The van der Waals surface area contributed by atoms with Crippen molar-refractivity contribution < 1.29 is 9.59 Å². The molecule has 1 fully saturated rings. The van der Waals surface area contributed by atoms with Crippen LogP contribution in [0, 0.1) is 12.8 Å². The van der Waals surface area contributed by atoms with Crippen molar-refractivity contribution in [3.8, 4) is 0 Å². The molecule has 2 N–H and O–H groups in total. The number of anilines is 2. The standard InChI is InChI=1S/C25H27N3O2/c1-18-9-11-21(12-10-18)26-24(29)17-28-15-13-20(14-16-28)25(30)27-23-8-4-6-19-5-2-3-7-22(19)23/h2-12,20H,13-17H2,1H3,(H,26,29)(H,27,30). The molecule has 30 heavy (non-hydrogen) atoms. The van der Waals surface area contributed by atoms with Gasteiger partial charge in [0.05, 0.1) is 6.54 Å². The molecule has 2 amide bonds. The Hall–Kier alpha value is -3.18. The lowest BCUT2D eigenvalue weighted by Gasteiger charge is -2.30. The molecule has 0 saturated carbocycles. The summed E-state index contributed by atoms with van der Waals surface area (Å²) in [6.45, 7) is 3.86. The zero-order chi connectivity index (χ0) is 20.9. The molecule has 5 nitrogen and oxygen atoms in total. The van der Waals surface area contributed by atoms with Gasteiger partial charge < -0.3 is 10.6 Å². The van der Waals surface area contributed by atoms with E-state index in [-0.39, 0.29) is 17.7 Å². The third-order valence-electron chi connectivity index (χ3n) is 5.71. The molecule has 1 heterocycles. The van der Waals surface area contributed by atoms with Crippen molar-refractivity contribution >= 4 is 34.0 Å². The zero-order valence-corrected chi connectivity index (χ0v) is 17.2. The number of nitrogens with zero attached hydrogens (tertiary/aromatic N) is 1. The summed E-state index contributed by atoms with van der Waals surface area (Å²) in [4.78, 5) is 27.2. The van der Waals surface area contributed by atoms with Crippen LogP contribution >= 0.6 is 0 Å². The molecule has 0 radical (unpaired) electrons. The Morgan fingerprint density at radius 2 is 1.60 bits per heavy atom. The van der Waals surface area contributed by atoms with Crippen molar-refractivity contribution in [2.45, 2.75) is 19.8 Å². The van der Waals surface area contributed by atoms with Crippen LogP contribution in [-0.2, 0) is 9.59 Å². The summed E-state index contributed by atoms with van der Waals surface area (Å²) in [5, 5.41) is 8.22. The number of benzene rings is 3. The molecule has 0 atom stereocenters. The van der Waals surface area contributed by atoms with Crippen molar-refractivity contribution in [3.63, 3.8) is 0 Å². The van der Waals surface area contributed by atoms with Gasteiger partial charge >= 0.3 is 0 Å². The Morgan fingerprint density at radius 3 is 2.37 bits per heavy atom. The summed E-state index contributed by atoms with van der Waals surface area (Å²) in [6.07, 6.45) is 1.52. The second kappa shape index (κ2) is 9.09. The van der Waals surface area contributed by atoms with E-state index in [4.69, 9.17) is 0 Å². The van der Waals surface area contributed by atoms with Crippen LogP contribution in [0.2, 0.25) is 0 Å². The Kier molecular flexibility index (Phi) is 6.10. The second-order valence-corrected chi connectivity index (χ2v) is 7.98. The van der Waals surface area contributed by atoms with E-state index in [1.165, 1.54) is 0 Å². The highest BCUT2D eigenvalue weighted by Gasteiger charge is 2.26. The van der Waals surface area contributed by atoms with Crippen LogP contribution in [0.15, 0.2) is 66.7 Å². The van der Waals surface area contributed by atoms with Crippen LogP contribution in [0.1, 0.15) is 18.4 Å². The molecule has 0 spiro atoms. The van der Waals surface area contributed by atoms with Gasteiger partial charge in [0, 0.05) is 22.7 Å². The quantitative estimate of drug-likeness (QED) is 0.665. The van der Waals surface area contributed by atoms with Crippen LogP contribution in [0.3, 0.4) is 0 Å². The molecular weight excluding hydrogens is 374 g/mol. The number of nitrogens with one attached hydrogen (secondary N) is 2. The summed E-state index contributed by atoms with van der Waals surface area (Å²) in [6, 6.07) is 21.8. The smallest absolute Gasteiger partial charge is 0.238 e. The molecule has 0 aromatic heterocycles. The molecule has 0 unspecified atom stereocenters. The number of likely N-dealkylation sites (tertiary alicyclic amines) is 1. The van der Waals surface area contributed by atoms with E-state index in [2.05, 4.69) is 15.5 Å². The summed E-state index contributed by atoms with van der Waals surface area (Å²) >= 11 is 0. The van der Waals surface area contributed by atoms with Gasteiger partial charge in [-0.1, -0.05) is 54.1 Å². The molecule has 1 aliphatic rings. The third kappa shape index (κ3) is 4.86. The molecular formula is C25H27N3O2. The number of hydrogen-bond acceptors (Lipinski definition) is 3. The topological polar surface area (TPSA) is 61.4 Å². The van der Waals surface area contributed by atoms with Crippen molar-refractivity contribution in [3.05, 3.63) is 72.3 Å². The minimum atomic E-state index is -0.0274. The van der Waals surface area contributed by atoms with Crippen LogP contribution in [0.4, 0.5) is 11.4 Å². The van der Waals surface area contributed by atoms with Crippen molar-refractivity contribution in [1.82, 2.24) is 4.90 Å². The monoisotopic (exact) mass is 401 g/mol. The van der Waals surface area contributed by atoms with Gasteiger partial charge in [-0.05, 0) is 56.4 Å². The van der Waals surface area contributed by atoms with Crippen LogP contribution in [0.25, 0.3) is 10.8 Å². The lowest BCUT2D eigenvalue weighted by molar-refractivity contribution is -0.121. The maximum Gasteiger partial charge on any atom is 0.238 e. The van der Waals surface area contributed by atoms with Crippen molar-refractivity contribution in [1.29, 1.82) is 0 Å². The Labute approximate surface area is 177 Å². The number of hydrogen-bond donors (Lipinski definition) is 2. The first-order valence-electron chi connectivity index (χ1n) is 10.5. The average Bonchev–Trinajstić information content (AvgIpc) is 2.76. The van der Waals surface area contributed by atoms with Gasteiger partial charge in [0.25, 0.3) is 0 Å². The Morgan fingerprint density at radius 1 is 0.900 bits per heavy atom. The number of carbonyl (C=O) groups excluding carboxylic acids is 2. The lowest BCUT2D eigenvalue weighted by atomic mass is 9.95. The largest absolute Gasteiger partial charge is 0.325 e. The predicted molar refractivity (Wildman–Crippen MR) is 122 cm³/mol. The normalized spacial score (nSPS) is 15.1. The lowest BCUT2D eigenvalue weighted by Crippen LogP contribution is -2.41. The summed E-state index contributed by atoms with van der Waals surface area (Å²) in [7, 11) is 0. The van der Waals surface area contributed by atoms with Crippen LogP contribution < -0.4 is 10.6 Å². The van der Waals surface area contributed by atoms with Crippen LogP contribution in [0.5, 0.6) is 0 Å². The fraction of sp³-hybridized carbons (Fsp3) is 0.280. The number of piperidine rings is 1. The molecule has 3 aromatic rings. The molecule has 1 aliphatic heterocycles. The van der Waals surface area contributed by atoms with Gasteiger partial charge in [-0.25, -0.2) is 0 Å².